The summed E-state index contributed by atoms with van der Waals surface area (Å²) in [4.78, 5) is 3.47. The van der Waals surface area contributed by atoms with E-state index in [2.05, 4.69) is 4.98 Å². The first kappa shape index (κ1) is 20.0. The molecule has 0 aliphatic carbocycles. The molecule has 0 fully saturated rings. The van der Waals surface area contributed by atoms with E-state index in [4.69, 9.17) is 0 Å². The van der Waals surface area contributed by atoms with Crippen LogP contribution in [0.25, 0.3) is 17.1 Å². The molecule has 2 aromatic carbocycles. The van der Waals surface area contributed by atoms with Crippen molar-refractivity contribution in [1.29, 1.82) is 0 Å². The van der Waals surface area contributed by atoms with Gasteiger partial charge in [0, 0.05) is 29.3 Å². The lowest BCUT2D eigenvalue weighted by Crippen LogP contribution is -2.05. The number of benzene rings is 2. The molecule has 0 spiro atoms. The molecular weight excluding hydrogens is 403 g/mol. The van der Waals surface area contributed by atoms with Gasteiger partial charge in [-0.15, -0.1) is 0 Å². The number of aromatic nitrogens is 2. The van der Waals surface area contributed by atoms with Crippen LogP contribution in [0.4, 0.5) is 22.0 Å². The maximum Gasteiger partial charge on any atom is 0.434 e. The van der Waals surface area contributed by atoms with Gasteiger partial charge in [0.25, 0.3) is 0 Å². The van der Waals surface area contributed by atoms with Crippen molar-refractivity contribution in [2.45, 2.75) is 18.0 Å². The number of alkyl halides is 3. The minimum Gasteiger partial charge on any atom is -0.299 e. The standard InChI is InChI=1S/C18H13F5N2O2S/c1-10-14(19)7-11(8-15(10)20)17-24-16(18(21,22)23)9-25(17)12-3-5-13(6-4-12)28(2,26)27/h3-9H,1-2H3. The molecule has 148 valence electrons. The molecule has 0 bridgehead atoms. The number of nitrogens with zero attached hydrogens (tertiary/aromatic N) is 2. The third kappa shape index (κ3) is 3.77. The summed E-state index contributed by atoms with van der Waals surface area (Å²) in [5.74, 6) is -2.19. The maximum atomic E-state index is 13.9. The normalized spacial score (nSPS) is 12.4. The van der Waals surface area contributed by atoms with Crippen molar-refractivity contribution in [3.8, 4) is 17.1 Å². The monoisotopic (exact) mass is 416 g/mol. The maximum absolute atomic E-state index is 13.9. The Morgan fingerprint density at radius 3 is 2.00 bits per heavy atom. The summed E-state index contributed by atoms with van der Waals surface area (Å²) in [6, 6.07) is 6.78. The molecule has 28 heavy (non-hydrogen) atoms. The summed E-state index contributed by atoms with van der Waals surface area (Å²) in [5.41, 5.74) is -1.57. The SMILES string of the molecule is Cc1c(F)cc(-c2nc(C(F)(F)F)cn2-c2ccc(S(C)(=O)=O)cc2)cc1F. The number of halogens is 5. The van der Waals surface area contributed by atoms with E-state index in [9.17, 15) is 30.4 Å². The van der Waals surface area contributed by atoms with Gasteiger partial charge in [0.15, 0.2) is 15.5 Å². The Hall–Kier alpha value is -2.75. The summed E-state index contributed by atoms with van der Waals surface area (Å²) in [6.07, 6.45) is -3.11. The Kier molecular flexibility index (Phi) is 4.78. The first-order valence-corrected chi connectivity index (χ1v) is 9.70. The molecule has 0 saturated carbocycles. The van der Waals surface area contributed by atoms with Crippen molar-refractivity contribution in [3.05, 3.63) is 65.5 Å². The topological polar surface area (TPSA) is 52.0 Å². The van der Waals surface area contributed by atoms with Crippen LogP contribution < -0.4 is 0 Å². The lowest BCUT2D eigenvalue weighted by Gasteiger charge is -2.10. The average molecular weight is 416 g/mol. The van der Waals surface area contributed by atoms with Gasteiger partial charge in [-0.3, -0.25) is 4.57 Å². The predicted octanol–water partition coefficient (Wildman–Crippen LogP) is 4.55. The van der Waals surface area contributed by atoms with E-state index in [1.807, 2.05) is 0 Å². The van der Waals surface area contributed by atoms with Crippen molar-refractivity contribution in [2.24, 2.45) is 0 Å². The fourth-order valence-corrected chi connectivity index (χ4v) is 3.18. The molecule has 3 aromatic rings. The van der Waals surface area contributed by atoms with Crippen LogP contribution in [0.15, 0.2) is 47.5 Å². The van der Waals surface area contributed by atoms with Crippen molar-refractivity contribution >= 4 is 9.84 Å². The van der Waals surface area contributed by atoms with Crippen LogP contribution in [-0.2, 0) is 16.0 Å². The predicted molar refractivity (Wildman–Crippen MR) is 91.8 cm³/mol. The summed E-state index contributed by atoms with van der Waals surface area (Å²) < 4.78 is 91.4. The Balaban J connectivity index is 2.22. The number of rotatable bonds is 3. The number of hydrogen-bond donors (Lipinski definition) is 0. The Bertz CT molecular complexity index is 1130. The highest BCUT2D eigenvalue weighted by Crippen LogP contribution is 2.33. The lowest BCUT2D eigenvalue weighted by molar-refractivity contribution is -0.140. The van der Waals surface area contributed by atoms with Crippen LogP contribution in [0.1, 0.15) is 11.3 Å². The van der Waals surface area contributed by atoms with Crippen molar-refractivity contribution in [2.75, 3.05) is 6.26 Å². The van der Waals surface area contributed by atoms with Gasteiger partial charge in [-0.25, -0.2) is 22.2 Å². The molecule has 0 unspecified atom stereocenters. The average Bonchev–Trinajstić information content (AvgIpc) is 3.04. The molecule has 0 amide bonds. The highest BCUT2D eigenvalue weighted by molar-refractivity contribution is 7.90. The second kappa shape index (κ2) is 6.69. The molecule has 0 N–H and O–H groups in total. The van der Waals surface area contributed by atoms with Gasteiger partial charge >= 0.3 is 6.18 Å². The highest BCUT2D eigenvalue weighted by atomic mass is 32.2. The smallest absolute Gasteiger partial charge is 0.299 e. The van der Waals surface area contributed by atoms with Crippen LogP contribution in [0, 0.1) is 18.6 Å². The van der Waals surface area contributed by atoms with Crippen molar-refractivity contribution in [1.82, 2.24) is 9.55 Å². The molecule has 0 saturated heterocycles. The third-order valence-electron chi connectivity index (χ3n) is 4.08. The van der Waals surface area contributed by atoms with Crippen molar-refractivity contribution < 1.29 is 30.4 Å². The molecule has 0 aliphatic heterocycles. The molecule has 0 radical (unpaired) electrons. The van der Waals surface area contributed by atoms with E-state index in [-0.39, 0.29) is 27.5 Å². The molecule has 10 heteroatoms. The van der Waals surface area contributed by atoms with Gasteiger partial charge in [0.1, 0.15) is 17.5 Å². The van der Waals surface area contributed by atoms with E-state index in [1.54, 1.807) is 0 Å². The lowest BCUT2D eigenvalue weighted by atomic mass is 10.1. The highest BCUT2D eigenvalue weighted by Gasteiger charge is 2.35. The van der Waals surface area contributed by atoms with Gasteiger partial charge in [0.2, 0.25) is 0 Å². The molecule has 4 nitrogen and oxygen atoms in total. The van der Waals surface area contributed by atoms with Gasteiger partial charge in [0.05, 0.1) is 4.90 Å². The van der Waals surface area contributed by atoms with Crippen LogP contribution in [-0.4, -0.2) is 24.2 Å². The number of imidazole rings is 1. The fourth-order valence-electron chi connectivity index (χ4n) is 2.55. The van der Waals surface area contributed by atoms with E-state index >= 15 is 0 Å². The van der Waals surface area contributed by atoms with Gasteiger partial charge in [-0.05, 0) is 43.3 Å². The molecule has 1 heterocycles. The Morgan fingerprint density at radius 2 is 1.54 bits per heavy atom. The largest absolute Gasteiger partial charge is 0.434 e. The van der Waals surface area contributed by atoms with E-state index < -0.39 is 33.3 Å². The summed E-state index contributed by atoms with van der Waals surface area (Å²) in [6.45, 7) is 1.20. The van der Waals surface area contributed by atoms with Gasteiger partial charge in [-0.1, -0.05) is 0 Å². The van der Waals surface area contributed by atoms with Crippen molar-refractivity contribution in [3.63, 3.8) is 0 Å². The quantitative estimate of drug-likeness (QED) is 0.589. The second-order valence-corrected chi connectivity index (χ2v) is 8.16. The third-order valence-corrected chi connectivity index (χ3v) is 5.21. The molecular formula is C18H13F5N2O2S. The van der Waals surface area contributed by atoms with Gasteiger partial charge < -0.3 is 0 Å². The zero-order valence-electron chi connectivity index (χ0n) is 14.6. The number of hydrogen-bond acceptors (Lipinski definition) is 3. The van der Waals surface area contributed by atoms with Crippen LogP contribution >= 0.6 is 0 Å². The Morgan fingerprint density at radius 1 is 1.00 bits per heavy atom. The number of sulfone groups is 1. The molecule has 3 rings (SSSR count). The minimum absolute atomic E-state index is 0.0265. The fraction of sp³-hybridized carbons (Fsp3) is 0.167. The zero-order valence-corrected chi connectivity index (χ0v) is 15.4. The minimum atomic E-state index is -4.78. The Labute approximate surface area is 157 Å². The summed E-state index contributed by atoms with van der Waals surface area (Å²) in [7, 11) is -3.50. The second-order valence-electron chi connectivity index (χ2n) is 6.15. The van der Waals surface area contributed by atoms with Crippen LogP contribution in [0.5, 0.6) is 0 Å². The first-order chi connectivity index (χ1) is 12.9. The molecule has 0 atom stereocenters. The van der Waals surface area contributed by atoms with E-state index in [0.29, 0.717) is 6.20 Å². The van der Waals surface area contributed by atoms with Crippen LogP contribution in [0.2, 0.25) is 0 Å². The van der Waals surface area contributed by atoms with Crippen LogP contribution in [0.3, 0.4) is 0 Å². The molecule has 1 aromatic heterocycles. The first-order valence-electron chi connectivity index (χ1n) is 7.81. The van der Waals surface area contributed by atoms with E-state index in [1.165, 1.54) is 31.2 Å². The summed E-state index contributed by atoms with van der Waals surface area (Å²) >= 11 is 0. The molecule has 0 aliphatic rings. The summed E-state index contributed by atoms with van der Waals surface area (Å²) in [5, 5.41) is 0. The van der Waals surface area contributed by atoms with Gasteiger partial charge in [-0.2, -0.15) is 13.2 Å². The zero-order chi connectivity index (χ0) is 20.9. The van der Waals surface area contributed by atoms with E-state index in [0.717, 1.165) is 23.0 Å².